The Morgan fingerprint density at radius 1 is 1.19 bits per heavy atom. The quantitative estimate of drug-likeness (QED) is 0.809. The lowest BCUT2D eigenvalue weighted by molar-refractivity contribution is -0.138. The fraction of sp³-hybridized carbons (Fsp3) is 0.467. The van der Waals surface area contributed by atoms with E-state index in [2.05, 4.69) is 0 Å². The van der Waals surface area contributed by atoms with Gasteiger partial charge in [0.25, 0.3) is 0 Å². The summed E-state index contributed by atoms with van der Waals surface area (Å²) < 4.78 is 0. The van der Waals surface area contributed by atoms with E-state index in [9.17, 15) is 14.7 Å². The van der Waals surface area contributed by atoms with Crippen molar-refractivity contribution in [2.24, 2.45) is 5.73 Å². The number of fused-ring (bicyclic) bond motifs is 1. The summed E-state index contributed by atoms with van der Waals surface area (Å²) in [6.07, 6.45) is 1.89. The Balaban J connectivity index is 1.87. The molecule has 0 bridgehead atoms. The summed E-state index contributed by atoms with van der Waals surface area (Å²) in [6, 6.07) is 6.48. The van der Waals surface area contributed by atoms with Gasteiger partial charge >= 0.3 is 12.0 Å². The first-order valence-corrected chi connectivity index (χ1v) is 7.22. The molecule has 0 spiro atoms. The molecule has 2 aliphatic heterocycles. The Kier molecular flexibility index (Phi) is 3.55. The third kappa shape index (κ3) is 2.47. The molecule has 0 aromatic heterocycles. The molecule has 1 atom stereocenters. The number of aliphatic carboxylic acids is 1. The number of anilines is 1. The van der Waals surface area contributed by atoms with Crippen LogP contribution in [0.5, 0.6) is 0 Å². The largest absolute Gasteiger partial charge is 0.480 e. The van der Waals surface area contributed by atoms with Crippen molar-refractivity contribution >= 4 is 17.7 Å². The third-order valence-corrected chi connectivity index (χ3v) is 4.28. The maximum Gasteiger partial charge on any atom is 0.327 e. The number of likely N-dealkylation sites (tertiary alicyclic amines) is 1. The Morgan fingerprint density at radius 3 is 2.52 bits per heavy atom. The van der Waals surface area contributed by atoms with Crippen LogP contribution in [-0.2, 0) is 11.2 Å². The Bertz CT molecular complexity index is 567. The first-order chi connectivity index (χ1) is 10.1. The minimum atomic E-state index is -0.965. The van der Waals surface area contributed by atoms with Crippen LogP contribution >= 0.6 is 0 Å². The first kappa shape index (κ1) is 13.9. The molecule has 1 aromatic rings. The molecule has 21 heavy (non-hydrogen) atoms. The molecule has 0 radical (unpaired) electrons. The fourth-order valence-corrected chi connectivity index (χ4v) is 3.06. The number of benzene rings is 1. The van der Waals surface area contributed by atoms with Crippen molar-refractivity contribution in [1.82, 2.24) is 4.90 Å². The lowest BCUT2D eigenvalue weighted by Crippen LogP contribution is -2.52. The molecule has 3 rings (SSSR count). The second-order valence-electron chi connectivity index (χ2n) is 5.66. The van der Waals surface area contributed by atoms with Gasteiger partial charge in [-0.25, -0.2) is 9.59 Å². The van der Waals surface area contributed by atoms with E-state index >= 15 is 0 Å². The number of hydrogen-bond donors (Lipinski definition) is 2. The molecule has 2 heterocycles. The van der Waals surface area contributed by atoms with Crippen LogP contribution in [0.3, 0.4) is 0 Å². The lowest BCUT2D eigenvalue weighted by Gasteiger charge is -2.34. The summed E-state index contributed by atoms with van der Waals surface area (Å²) in [6.45, 7) is 1.18. The van der Waals surface area contributed by atoms with Gasteiger partial charge in [-0.05, 0) is 24.5 Å². The van der Waals surface area contributed by atoms with E-state index in [0.29, 0.717) is 25.2 Å². The van der Waals surface area contributed by atoms with Gasteiger partial charge < -0.3 is 15.7 Å². The number of piperidine rings is 1. The summed E-state index contributed by atoms with van der Waals surface area (Å²) in [5.74, 6) is -0.965. The van der Waals surface area contributed by atoms with Crippen LogP contribution in [0.1, 0.15) is 18.4 Å². The number of amides is 2. The molecule has 1 saturated heterocycles. The number of urea groups is 1. The Labute approximate surface area is 123 Å². The molecule has 2 aliphatic rings. The summed E-state index contributed by atoms with van der Waals surface area (Å²) >= 11 is 0. The van der Waals surface area contributed by atoms with Gasteiger partial charge in [0, 0.05) is 31.2 Å². The monoisotopic (exact) mass is 289 g/mol. The SMILES string of the molecule is NC1CCN(C(=O)N2c3ccccc3CC2C(=O)O)CC1. The number of nitrogens with zero attached hydrogens (tertiary/aromatic N) is 2. The van der Waals surface area contributed by atoms with E-state index in [0.717, 1.165) is 18.4 Å². The minimum Gasteiger partial charge on any atom is -0.480 e. The highest BCUT2D eigenvalue weighted by Gasteiger charge is 2.40. The first-order valence-electron chi connectivity index (χ1n) is 7.22. The summed E-state index contributed by atoms with van der Waals surface area (Å²) in [4.78, 5) is 27.4. The second kappa shape index (κ2) is 5.37. The highest BCUT2D eigenvalue weighted by atomic mass is 16.4. The van der Waals surface area contributed by atoms with E-state index in [1.54, 1.807) is 4.90 Å². The molecular formula is C15H19N3O3. The van der Waals surface area contributed by atoms with Gasteiger partial charge in [-0.15, -0.1) is 0 Å². The molecule has 0 aliphatic carbocycles. The molecule has 1 aromatic carbocycles. The molecule has 6 heteroatoms. The summed E-state index contributed by atoms with van der Waals surface area (Å²) in [5.41, 5.74) is 7.48. The Hall–Kier alpha value is -2.08. The van der Waals surface area contributed by atoms with Gasteiger partial charge in [0.2, 0.25) is 0 Å². The maximum absolute atomic E-state index is 12.7. The molecule has 0 saturated carbocycles. The van der Waals surface area contributed by atoms with Crippen molar-refractivity contribution in [1.29, 1.82) is 0 Å². The van der Waals surface area contributed by atoms with E-state index in [1.165, 1.54) is 4.90 Å². The normalized spacial score (nSPS) is 22.2. The number of hydrogen-bond acceptors (Lipinski definition) is 3. The van der Waals surface area contributed by atoms with Crippen molar-refractivity contribution in [2.75, 3.05) is 18.0 Å². The number of carbonyl (C=O) groups is 2. The smallest absolute Gasteiger partial charge is 0.327 e. The number of rotatable bonds is 1. The predicted octanol–water partition coefficient (Wildman–Crippen LogP) is 1.05. The van der Waals surface area contributed by atoms with Gasteiger partial charge in [0.05, 0.1) is 0 Å². The van der Waals surface area contributed by atoms with E-state index in [-0.39, 0.29) is 12.1 Å². The van der Waals surface area contributed by atoms with Gasteiger partial charge in [0.1, 0.15) is 6.04 Å². The average molecular weight is 289 g/mol. The van der Waals surface area contributed by atoms with Crippen LogP contribution in [0, 0.1) is 0 Å². The van der Waals surface area contributed by atoms with Crippen LogP contribution in [0.15, 0.2) is 24.3 Å². The van der Waals surface area contributed by atoms with Gasteiger partial charge in [-0.1, -0.05) is 18.2 Å². The molecule has 112 valence electrons. The number of carboxylic acids is 1. The zero-order chi connectivity index (χ0) is 15.0. The van der Waals surface area contributed by atoms with Crippen molar-refractivity contribution in [3.8, 4) is 0 Å². The van der Waals surface area contributed by atoms with Crippen molar-refractivity contribution in [3.05, 3.63) is 29.8 Å². The number of para-hydroxylation sites is 1. The summed E-state index contributed by atoms with van der Waals surface area (Å²) in [7, 11) is 0. The van der Waals surface area contributed by atoms with Gasteiger partial charge in [0.15, 0.2) is 0 Å². The van der Waals surface area contributed by atoms with E-state index in [4.69, 9.17) is 5.73 Å². The molecule has 6 nitrogen and oxygen atoms in total. The topological polar surface area (TPSA) is 86.9 Å². The second-order valence-corrected chi connectivity index (χ2v) is 5.66. The van der Waals surface area contributed by atoms with Crippen LogP contribution < -0.4 is 10.6 Å². The summed E-state index contributed by atoms with van der Waals surface area (Å²) in [5, 5.41) is 9.41. The van der Waals surface area contributed by atoms with E-state index < -0.39 is 12.0 Å². The maximum atomic E-state index is 12.7. The van der Waals surface area contributed by atoms with Crippen LogP contribution in [0.2, 0.25) is 0 Å². The minimum absolute atomic E-state index is 0.134. The third-order valence-electron chi connectivity index (χ3n) is 4.28. The van der Waals surface area contributed by atoms with Crippen molar-refractivity contribution < 1.29 is 14.7 Å². The fourth-order valence-electron chi connectivity index (χ4n) is 3.06. The highest BCUT2D eigenvalue weighted by molar-refractivity contribution is 6.01. The zero-order valence-corrected chi connectivity index (χ0v) is 11.7. The van der Waals surface area contributed by atoms with Gasteiger partial charge in [-0.3, -0.25) is 4.90 Å². The average Bonchev–Trinajstić information content (AvgIpc) is 2.87. The van der Waals surface area contributed by atoms with Crippen LogP contribution in [0.25, 0.3) is 0 Å². The van der Waals surface area contributed by atoms with Crippen LogP contribution in [-0.4, -0.2) is 47.2 Å². The number of carboxylic acid groups (broad SMARTS) is 1. The Morgan fingerprint density at radius 2 is 1.86 bits per heavy atom. The highest BCUT2D eigenvalue weighted by Crippen LogP contribution is 2.33. The van der Waals surface area contributed by atoms with E-state index in [1.807, 2.05) is 24.3 Å². The van der Waals surface area contributed by atoms with Gasteiger partial charge in [-0.2, -0.15) is 0 Å². The molecule has 1 unspecified atom stereocenters. The molecule has 2 amide bonds. The zero-order valence-electron chi connectivity index (χ0n) is 11.7. The van der Waals surface area contributed by atoms with Crippen LogP contribution in [0.4, 0.5) is 10.5 Å². The van der Waals surface area contributed by atoms with Crippen molar-refractivity contribution in [2.45, 2.75) is 31.3 Å². The standard InChI is InChI=1S/C15H19N3O3/c16-11-5-7-17(8-6-11)15(21)18-12-4-2-1-3-10(12)9-13(18)14(19)20/h1-4,11,13H,5-9,16H2,(H,19,20). The molecule has 3 N–H and O–H groups in total. The number of nitrogens with two attached hydrogens (primary N) is 1. The predicted molar refractivity (Wildman–Crippen MR) is 78.2 cm³/mol. The molecule has 1 fully saturated rings. The molecular weight excluding hydrogens is 270 g/mol. The lowest BCUT2D eigenvalue weighted by atomic mass is 10.1. The number of carbonyl (C=O) groups excluding carboxylic acids is 1. The van der Waals surface area contributed by atoms with Crippen molar-refractivity contribution in [3.63, 3.8) is 0 Å².